The Kier molecular flexibility index (Phi) is 3.97. The Balaban J connectivity index is 2.16. The highest BCUT2D eigenvalue weighted by Gasteiger charge is 2.09. The lowest BCUT2D eigenvalue weighted by atomic mass is 10.2. The van der Waals surface area contributed by atoms with Crippen LogP contribution in [0.3, 0.4) is 0 Å². The molecule has 0 radical (unpaired) electrons. The number of rotatable bonds is 3. The molecular formula is C12H11BrClN3. The van der Waals surface area contributed by atoms with E-state index in [2.05, 4.69) is 31.2 Å². The van der Waals surface area contributed by atoms with Gasteiger partial charge in [0.05, 0.1) is 16.8 Å². The topological polar surface area (TPSA) is 37.8 Å². The number of hydrogen-bond donors (Lipinski definition) is 1. The molecule has 2 heterocycles. The summed E-state index contributed by atoms with van der Waals surface area (Å²) < 4.78 is 0.860. The highest BCUT2D eigenvalue weighted by Crippen LogP contribution is 2.25. The first-order valence-electron chi connectivity index (χ1n) is 5.15. The number of nitrogens with one attached hydrogen (secondary N) is 1. The van der Waals surface area contributed by atoms with Crippen molar-refractivity contribution in [2.24, 2.45) is 0 Å². The predicted octanol–water partition coefficient (Wildman–Crippen LogP) is 4.07. The summed E-state index contributed by atoms with van der Waals surface area (Å²) in [5.41, 5.74) is 0.952. The van der Waals surface area contributed by atoms with Crippen molar-refractivity contribution >= 4 is 33.3 Å². The van der Waals surface area contributed by atoms with E-state index in [0.717, 1.165) is 10.2 Å². The fourth-order valence-corrected chi connectivity index (χ4v) is 2.12. The predicted molar refractivity (Wildman–Crippen MR) is 73.2 cm³/mol. The minimum Gasteiger partial charge on any atom is -0.361 e. The lowest BCUT2D eigenvalue weighted by Crippen LogP contribution is -2.09. The van der Waals surface area contributed by atoms with Crippen LogP contribution in [0.5, 0.6) is 0 Å². The summed E-state index contributed by atoms with van der Waals surface area (Å²) in [6.07, 6.45) is 3.48. The first-order valence-corrected chi connectivity index (χ1v) is 6.32. The van der Waals surface area contributed by atoms with Crippen molar-refractivity contribution < 1.29 is 0 Å². The maximum atomic E-state index is 6.09. The van der Waals surface area contributed by atoms with Crippen molar-refractivity contribution in [1.29, 1.82) is 0 Å². The molecule has 1 N–H and O–H groups in total. The third-order valence-corrected chi connectivity index (χ3v) is 3.01. The molecule has 0 bridgehead atoms. The summed E-state index contributed by atoms with van der Waals surface area (Å²) in [4.78, 5) is 8.51. The summed E-state index contributed by atoms with van der Waals surface area (Å²) in [7, 11) is 0. The zero-order valence-electron chi connectivity index (χ0n) is 9.19. The summed E-state index contributed by atoms with van der Waals surface area (Å²) in [5, 5.41) is 3.81. The zero-order valence-corrected chi connectivity index (χ0v) is 11.5. The fourth-order valence-electron chi connectivity index (χ4n) is 1.43. The summed E-state index contributed by atoms with van der Waals surface area (Å²) in [6, 6.07) is 7.67. The summed E-state index contributed by atoms with van der Waals surface area (Å²) in [6.45, 7) is 2.02. The number of halogens is 2. The molecule has 0 spiro atoms. The van der Waals surface area contributed by atoms with Crippen LogP contribution in [-0.2, 0) is 0 Å². The molecule has 0 aliphatic rings. The second-order valence-electron chi connectivity index (χ2n) is 3.60. The van der Waals surface area contributed by atoms with E-state index in [1.807, 2.05) is 31.2 Å². The van der Waals surface area contributed by atoms with Gasteiger partial charge in [0, 0.05) is 16.9 Å². The molecule has 0 aromatic carbocycles. The van der Waals surface area contributed by atoms with Gasteiger partial charge in [-0.15, -0.1) is 0 Å². The van der Waals surface area contributed by atoms with E-state index in [-0.39, 0.29) is 6.04 Å². The molecule has 88 valence electrons. The Morgan fingerprint density at radius 3 is 2.82 bits per heavy atom. The van der Waals surface area contributed by atoms with Gasteiger partial charge in [-0.05, 0) is 41.1 Å². The molecule has 17 heavy (non-hydrogen) atoms. The number of hydrogen-bond acceptors (Lipinski definition) is 3. The highest BCUT2D eigenvalue weighted by molar-refractivity contribution is 9.10. The monoisotopic (exact) mass is 311 g/mol. The SMILES string of the molecule is CC(Nc1ncc(Br)cc1Cl)c1ccccn1. The molecule has 1 unspecified atom stereocenters. The van der Waals surface area contributed by atoms with Crippen molar-refractivity contribution in [3.63, 3.8) is 0 Å². The summed E-state index contributed by atoms with van der Waals surface area (Å²) >= 11 is 9.41. The molecule has 0 aliphatic carbocycles. The Hall–Kier alpha value is -1.13. The van der Waals surface area contributed by atoms with Crippen LogP contribution in [0.15, 0.2) is 41.1 Å². The maximum Gasteiger partial charge on any atom is 0.145 e. The van der Waals surface area contributed by atoms with Crippen molar-refractivity contribution in [2.75, 3.05) is 5.32 Å². The standard InChI is InChI=1S/C12H11BrClN3/c1-8(11-4-2-3-5-15-11)17-12-10(14)6-9(13)7-16-12/h2-8H,1H3,(H,16,17). The van der Waals surface area contributed by atoms with E-state index in [9.17, 15) is 0 Å². The molecule has 0 saturated carbocycles. The molecule has 5 heteroatoms. The van der Waals surface area contributed by atoms with Gasteiger partial charge in [0.15, 0.2) is 0 Å². The Morgan fingerprint density at radius 1 is 1.35 bits per heavy atom. The van der Waals surface area contributed by atoms with Gasteiger partial charge in [0.2, 0.25) is 0 Å². The van der Waals surface area contributed by atoms with Crippen molar-refractivity contribution in [1.82, 2.24) is 9.97 Å². The third-order valence-electron chi connectivity index (χ3n) is 2.29. The third kappa shape index (κ3) is 3.17. The van der Waals surface area contributed by atoms with Crippen LogP contribution < -0.4 is 5.32 Å². The second-order valence-corrected chi connectivity index (χ2v) is 4.93. The molecule has 1 atom stereocenters. The van der Waals surface area contributed by atoms with E-state index in [0.29, 0.717) is 10.8 Å². The van der Waals surface area contributed by atoms with Crippen molar-refractivity contribution in [3.05, 3.63) is 51.8 Å². The molecule has 0 saturated heterocycles. The first-order chi connectivity index (χ1) is 8.16. The van der Waals surface area contributed by atoms with Crippen LogP contribution in [0.1, 0.15) is 18.7 Å². The van der Waals surface area contributed by atoms with Crippen LogP contribution in [0.4, 0.5) is 5.82 Å². The van der Waals surface area contributed by atoms with Crippen molar-refractivity contribution in [2.45, 2.75) is 13.0 Å². The molecule has 0 aliphatic heterocycles. The minimum absolute atomic E-state index is 0.0578. The van der Waals surface area contributed by atoms with Crippen LogP contribution in [-0.4, -0.2) is 9.97 Å². The van der Waals surface area contributed by atoms with Gasteiger partial charge >= 0.3 is 0 Å². The largest absolute Gasteiger partial charge is 0.361 e. The van der Waals surface area contributed by atoms with Gasteiger partial charge in [-0.2, -0.15) is 0 Å². The minimum atomic E-state index is 0.0578. The van der Waals surface area contributed by atoms with Crippen LogP contribution >= 0.6 is 27.5 Å². The van der Waals surface area contributed by atoms with E-state index >= 15 is 0 Å². The van der Waals surface area contributed by atoms with E-state index in [4.69, 9.17) is 11.6 Å². The van der Waals surface area contributed by atoms with Crippen LogP contribution in [0, 0.1) is 0 Å². The van der Waals surface area contributed by atoms with E-state index < -0.39 is 0 Å². The smallest absolute Gasteiger partial charge is 0.145 e. The van der Waals surface area contributed by atoms with Crippen LogP contribution in [0.2, 0.25) is 5.02 Å². The Bertz CT molecular complexity index is 504. The molecular weight excluding hydrogens is 302 g/mol. The Morgan fingerprint density at radius 2 is 2.18 bits per heavy atom. The van der Waals surface area contributed by atoms with Gasteiger partial charge in [0.1, 0.15) is 5.82 Å². The van der Waals surface area contributed by atoms with E-state index in [1.165, 1.54) is 0 Å². The molecule has 0 amide bonds. The number of aromatic nitrogens is 2. The molecule has 2 aromatic rings. The second kappa shape index (κ2) is 5.47. The van der Waals surface area contributed by atoms with Crippen molar-refractivity contribution in [3.8, 4) is 0 Å². The van der Waals surface area contributed by atoms with Gasteiger partial charge in [-0.25, -0.2) is 4.98 Å². The quantitative estimate of drug-likeness (QED) is 0.928. The maximum absolute atomic E-state index is 6.09. The van der Waals surface area contributed by atoms with Gasteiger partial charge in [-0.3, -0.25) is 4.98 Å². The highest BCUT2D eigenvalue weighted by atomic mass is 79.9. The lowest BCUT2D eigenvalue weighted by molar-refractivity contribution is 0.832. The number of anilines is 1. The first kappa shape index (κ1) is 12.3. The van der Waals surface area contributed by atoms with Gasteiger partial charge in [-0.1, -0.05) is 17.7 Å². The summed E-state index contributed by atoms with van der Waals surface area (Å²) in [5.74, 6) is 0.660. The van der Waals surface area contributed by atoms with Crippen LogP contribution in [0.25, 0.3) is 0 Å². The molecule has 2 rings (SSSR count). The average Bonchev–Trinajstić information content (AvgIpc) is 2.34. The number of pyridine rings is 2. The normalized spacial score (nSPS) is 12.2. The molecule has 0 fully saturated rings. The Labute approximate surface area is 113 Å². The average molecular weight is 313 g/mol. The number of nitrogens with zero attached hydrogens (tertiary/aromatic N) is 2. The lowest BCUT2D eigenvalue weighted by Gasteiger charge is -2.14. The fraction of sp³-hybridized carbons (Fsp3) is 0.167. The zero-order chi connectivity index (χ0) is 12.3. The van der Waals surface area contributed by atoms with Gasteiger partial charge in [0.25, 0.3) is 0 Å². The van der Waals surface area contributed by atoms with Gasteiger partial charge < -0.3 is 5.32 Å². The molecule has 3 nitrogen and oxygen atoms in total. The van der Waals surface area contributed by atoms with E-state index in [1.54, 1.807) is 12.4 Å². The molecule has 2 aromatic heterocycles.